The fraction of sp³-hybridized carbons (Fsp3) is 0.529. The Hall–Kier alpha value is -2.88. The van der Waals surface area contributed by atoms with Gasteiger partial charge in [0.15, 0.2) is 0 Å². The molecule has 0 aromatic heterocycles. The minimum Gasteiger partial charge on any atom is -0.507 e. The number of ketones is 1. The summed E-state index contributed by atoms with van der Waals surface area (Å²) in [7, 11) is 0. The van der Waals surface area contributed by atoms with Crippen molar-refractivity contribution in [2.24, 2.45) is 0 Å². The summed E-state index contributed by atoms with van der Waals surface area (Å²) in [6, 6.07) is 16.4. The Morgan fingerprint density at radius 1 is 0.711 bits per heavy atom. The molecule has 0 saturated carbocycles. The number of aliphatic hydroxyl groups is 1. The first-order chi connectivity index (χ1) is 18.5. The number of Topliss-reactive ketones (excluding diaryl/α,β-unsaturated/α-hetero) is 1. The lowest BCUT2D eigenvalue weighted by atomic mass is 9.94. The van der Waals surface area contributed by atoms with Gasteiger partial charge in [0, 0.05) is 12.1 Å². The number of hydrogen-bond acceptors (Lipinski definition) is 3. The van der Waals surface area contributed by atoms with Crippen LogP contribution in [0.25, 0.3) is 5.76 Å². The van der Waals surface area contributed by atoms with Gasteiger partial charge >= 0.3 is 0 Å². The number of amides is 1. The molecule has 0 bridgehead atoms. The molecule has 2 aromatic carbocycles. The zero-order chi connectivity index (χ0) is 27.2. The van der Waals surface area contributed by atoms with Crippen molar-refractivity contribution in [1.29, 1.82) is 0 Å². The van der Waals surface area contributed by atoms with E-state index < -0.39 is 17.7 Å². The van der Waals surface area contributed by atoms with E-state index in [1.807, 2.05) is 49.4 Å². The molecule has 1 aliphatic rings. The molecule has 0 radical (unpaired) electrons. The molecule has 1 saturated heterocycles. The van der Waals surface area contributed by atoms with Crippen LogP contribution >= 0.6 is 0 Å². The number of unbranched alkanes of at least 4 members (excludes halogenated alkanes) is 13. The summed E-state index contributed by atoms with van der Waals surface area (Å²) in [5.41, 5.74) is 2.72. The zero-order valence-electron chi connectivity index (χ0n) is 23.6. The van der Waals surface area contributed by atoms with Crippen LogP contribution in [0.3, 0.4) is 0 Å². The van der Waals surface area contributed by atoms with E-state index in [2.05, 4.69) is 6.92 Å². The number of likely N-dealkylation sites (tertiary alicyclic amines) is 1. The molecule has 4 heteroatoms. The van der Waals surface area contributed by atoms with Gasteiger partial charge in [-0.1, -0.05) is 151 Å². The van der Waals surface area contributed by atoms with Crippen LogP contribution in [-0.2, 0) is 9.59 Å². The highest BCUT2D eigenvalue weighted by atomic mass is 16.3. The molecule has 38 heavy (non-hydrogen) atoms. The highest BCUT2D eigenvalue weighted by Crippen LogP contribution is 2.39. The smallest absolute Gasteiger partial charge is 0.295 e. The van der Waals surface area contributed by atoms with Crippen molar-refractivity contribution < 1.29 is 14.7 Å². The van der Waals surface area contributed by atoms with E-state index >= 15 is 0 Å². The predicted octanol–water partition coefficient (Wildman–Crippen LogP) is 8.90. The second kappa shape index (κ2) is 16.2. The predicted molar refractivity (Wildman–Crippen MR) is 157 cm³/mol. The van der Waals surface area contributed by atoms with Crippen molar-refractivity contribution in [2.75, 3.05) is 6.54 Å². The molecule has 206 valence electrons. The monoisotopic (exact) mass is 517 g/mol. The number of rotatable bonds is 17. The van der Waals surface area contributed by atoms with Crippen molar-refractivity contribution in [1.82, 2.24) is 4.90 Å². The number of aryl methyl sites for hydroxylation is 1. The highest BCUT2D eigenvalue weighted by Gasteiger charge is 2.45. The van der Waals surface area contributed by atoms with Crippen LogP contribution < -0.4 is 0 Å². The number of carbonyl (C=O) groups excluding carboxylic acids is 2. The Labute approximate surface area is 230 Å². The molecule has 1 aliphatic heterocycles. The number of hydrogen-bond donors (Lipinski definition) is 1. The summed E-state index contributed by atoms with van der Waals surface area (Å²) in [5.74, 6) is -1.21. The Bertz CT molecular complexity index is 1030. The van der Waals surface area contributed by atoms with Crippen LogP contribution in [0.4, 0.5) is 0 Å². The van der Waals surface area contributed by atoms with Gasteiger partial charge in [0.2, 0.25) is 0 Å². The van der Waals surface area contributed by atoms with Gasteiger partial charge in [0.25, 0.3) is 11.7 Å². The van der Waals surface area contributed by atoms with Gasteiger partial charge in [-0.3, -0.25) is 9.59 Å². The van der Waals surface area contributed by atoms with Crippen LogP contribution in [0, 0.1) is 6.92 Å². The van der Waals surface area contributed by atoms with Crippen molar-refractivity contribution in [3.05, 3.63) is 76.9 Å². The van der Waals surface area contributed by atoms with Crippen molar-refractivity contribution in [3.63, 3.8) is 0 Å². The normalized spacial score (nSPS) is 16.9. The molecular weight excluding hydrogens is 470 g/mol. The third-order valence-corrected chi connectivity index (χ3v) is 7.73. The summed E-state index contributed by atoms with van der Waals surface area (Å²) in [4.78, 5) is 27.9. The quantitative estimate of drug-likeness (QED) is 0.0986. The van der Waals surface area contributed by atoms with Crippen molar-refractivity contribution in [2.45, 2.75) is 110 Å². The number of benzene rings is 2. The Morgan fingerprint density at radius 2 is 1.21 bits per heavy atom. The molecule has 0 spiro atoms. The summed E-state index contributed by atoms with van der Waals surface area (Å²) < 4.78 is 0. The van der Waals surface area contributed by atoms with Crippen LogP contribution in [0.1, 0.15) is 120 Å². The van der Waals surface area contributed by atoms with Gasteiger partial charge in [-0.15, -0.1) is 0 Å². The zero-order valence-corrected chi connectivity index (χ0v) is 23.6. The molecule has 1 unspecified atom stereocenters. The lowest BCUT2D eigenvalue weighted by Gasteiger charge is -2.25. The van der Waals surface area contributed by atoms with Gasteiger partial charge < -0.3 is 10.0 Å². The standard InChI is InChI=1S/C34H47NO3/c1-3-4-5-6-7-8-9-10-11-12-13-14-15-19-26-35-31(28-24-22-27(2)23-25-28)30(33(37)34(35)38)32(36)29-20-17-16-18-21-29/h16-18,20-25,31,36H,3-15,19,26H2,1-2H3/b32-30-. The molecular formula is C34H47NO3. The molecule has 1 atom stereocenters. The Balaban J connectivity index is 1.50. The SMILES string of the molecule is CCCCCCCCCCCCCCCCN1C(=O)C(=O)/C(=C(\O)c2ccccc2)C1c1ccc(C)cc1. The van der Waals surface area contributed by atoms with E-state index in [9.17, 15) is 14.7 Å². The van der Waals surface area contributed by atoms with E-state index in [0.717, 1.165) is 30.4 Å². The summed E-state index contributed by atoms with van der Waals surface area (Å²) in [6.45, 7) is 4.80. The Kier molecular flexibility index (Phi) is 12.6. The van der Waals surface area contributed by atoms with Crippen molar-refractivity contribution >= 4 is 17.4 Å². The molecule has 2 aromatic rings. The molecule has 1 N–H and O–H groups in total. The molecule has 1 fully saturated rings. The first-order valence-electron chi connectivity index (χ1n) is 14.9. The molecule has 1 heterocycles. The van der Waals surface area contributed by atoms with Crippen LogP contribution in [0.2, 0.25) is 0 Å². The number of carbonyl (C=O) groups is 2. The molecule has 3 rings (SSSR count). The van der Waals surface area contributed by atoms with Gasteiger partial charge in [-0.25, -0.2) is 0 Å². The number of nitrogens with zero attached hydrogens (tertiary/aromatic N) is 1. The van der Waals surface area contributed by atoms with Gasteiger partial charge in [0.05, 0.1) is 11.6 Å². The number of aliphatic hydroxyl groups excluding tert-OH is 1. The fourth-order valence-electron chi connectivity index (χ4n) is 5.43. The maximum Gasteiger partial charge on any atom is 0.295 e. The average molecular weight is 518 g/mol. The van der Waals surface area contributed by atoms with Crippen LogP contribution in [-0.4, -0.2) is 28.2 Å². The molecule has 4 nitrogen and oxygen atoms in total. The van der Waals surface area contributed by atoms with E-state index in [0.29, 0.717) is 12.1 Å². The highest BCUT2D eigenvalue weighted by molar-refractivity contribution is 6.46. The van der Waals surface area contributed by atoms with E-state index in [1.165, 1.54) is 70.6 Å². The van der Waals surface area contributed by atoms with Gasteiger partial charge in [-0.05, 0) is 18.9 Å². The minimum atomic E-state index is -0.595. The lowest BCUT2D eigenvalue weighted by molar-refractivity contribution is -0.139. The maximum absolute atomic E-state index is 13.1. The van der Waals surface area contributed by atoms with Gasteiger partial charge in [-0.2, -0.15) is 0 Å². The van der Waals surface area contributed by atoms with Gasteiger partial charge in [0.1, 0.15) is 5.76 Å². The molecule has 0 aliphatic carbocycles. The fourth-order valence-corrected chi connectivity index (χ4v) is 5.43. The third kappa shape index (κ3) is 8.58. The first kappa shape index (κ1) is 29.7. The molecule has 1 amide bonds. The summed E-state index contributed by atoms with van der Waals surface area (Å²) in [5, 5.41) is 11.1. The van der Waals surface area contributed by atoms with E-state index in [1.54, 1.807) is 17.0 Å². The largest absolute Gasteiger partial charge is 0.507 e. The Morgan fingerprint density at radius 3 is 1.74 bits per heavy atom. The first-order valence-corrected chi connectivity index (χ1v) is 14.9. The van der Waals surface area contributed by atoms with E-state index in [4.69, 9.17) is 0 Å². The third-order valence-electron chi connectivity index (χ3n) is 7.73. The van der Waals surface area contributed by atoms with Crippen LogP contribution in [0.15, 0.2) is 60.2 Å². The lowest BCUT2D eigenvalue weighted by Crippen LogP contribution is -2.30. The second-order valence-corrected chi connectivity index (χ2v) is 10.9. The van der Waals surface area contributed by atoms with Crippen LogP contribution in [0.5, 0.6) is 0 Å². The summed E-state index contributed by atoms with van der Waals surface area (Å²) >= 11 is 0. The maximum atomic E-state index is 13.1. The second-order valence-electron chi connectivity index (χ2n) is 10.9. The van der Waals surface area contributed by atoms with E-state index in [-0.39, 0.29) is 11.3 Å². The topological polar surface area (TPSA) is 57.6 Å². The average Bonchev–Trinajstić information content (AvgIpc) is 3.18. The summed E-state index contributed by atoms with van der Waals surface area (Å²) in [6.07, 6.45) is 17.8. The van der Waals surface area contributed by atoms with Crippen molar-refractivity contribution in [3.8, 4) is 0 Å². The minimum absolute atomic E-state index is 0.0991.